The fourth-order valence-electron chi connectivity index (χ4n) is 2.13. The molecule has 17 heavy (non-hydrogen) atoms. The number of fused-ring (bicyclic) bond motifs is 1. The largest absolute Gasteiger partial charge is 0.478 e. The van der Waals surface area contributed by atoms with Crippen LogP contribution in [0.4, 0.5) is 0 Å². The van der Waals surface area contributed by atoms with Gasteiger partial charge >= 0.3 is 5.97 Å². The molecule has 0 spiro atoms. The number of unbranched alkanes of at least 4 members (excludes halogenated alkanes) is 1. The summed E-state index contributed by atoms with van der Waals surface area (Å²) in [6.07, 6.45) is 3.29. The summed E-state index contributed by atoms with van der Waals surface area (Å²) in [4.78, 5) is 11.1. The highest BCUT2D eigenvalue weighted by Crippen LogP contribution is 2.24. The van der Waals surface area contributed by atoms with E-state index in [0.29, 0.717) is 5.56 Å². The Morgan fingerprint density at radius 2 is 1.82 bits per heavy atom. The van der Waals surface area contributed by atoms with Gasteiger partial charge in [0.25, 0.3) is 0 Å². The van der Waals surface area contributed by atoms with E-state index in [4.69, 9.17) is 5.11 Å². The molecule has 0 radical (unpaired) electrons. The summed E-state index contributed by atoms with van der Waals surface area (Å²) in [5.74, 6) is -0.858. The maximum Gasteiger partial charge on any atom is 0.336 e. The number of carboxylic acid groups (broad SMARTS) is 1. The van der Waals surface area contributed by atoms with Crippen molar-refractivity contribution in [3.63, 3.8) is 0 Å². The Morgan fingerprint density at radius 3 is 2.47 bits per heavy atom. The molecule has 2 rings (SSSR count). The molecule has 88 valence electrons. The zero-order valence-electron chi connectivity index (χ0n) is 9.94. The molecule has 1 N–H and O–H groups in total. The topological polar surface area (TPSA) is 37.3 Å². The van der Waals surface area contributed by atoms with Crippen LogP contribution in [0.15, 0.2) is 36.4 Å². The van der Waals surface area contributed by atoms with Gasteiger partial charge in [-0.25, -0.2) is 4.79 Å². The minimum absolute atomic E-state index is 0.390. The molecule has 0 aliphatic carbocycles. The highest BCUT2D eigenvalue weighted by atomic mass is 16.4. The van der Waals surface area contributed by atoms with Gasteiger partial charge in [0, 0.05) is 0 Å². The number of aryl methyl sites for hydroxylation is 1. The molecule has 0 saturated carbocycles. The maximum atomic E-state index is 11.1. The van der Waals surface area contributed by atoms with Gasteiger partial charge in [-0.05, 0) is 35.2 Å². The zero-order chi connectivity index (χ0) is 12.3. The molecule has 0 amide bonds. The third-order valence-electron chi connectivity index (χ3n) is 3.04. The summed E-state index contributed by atoms with van der Waals surface area (Å²) in [6, 6.07) is 11.4. The SMILES string of the molecule is CCCCc1ccc(C(=O)O)c2ccccc12. The van der Waals surface area contributed by atoms with Crippen molar-refractivity contribution in [3.05, 3.63) is 47.5 Å². The molecular weight excluding hydrogens is 212 g/mol. The van der Waals surface area contributed by atoms with Gasteiger partial charge in [0.1, 0.15) is 0 Å². The van der Waals surface area contributed by atoms with Crippen molar-refractivity contribution >= 4 is 16.7 Å². The lowest BCUT2D eigenvalue weighted by atomic mass is 9.96. The predicted molar refractivity (Wildman–Crippen MR) is 69.5 cm³/mol. The standard InChI is InChI=1S/C15H16O2/c1-2-3-6-11-9-10-14(15(16)17)13-8-5-4-7-12(11)13/h4-5,7-10H,2-3,6H2,1H3,(H,16,17). The quantitative estimate of drug-likeness (QED) is 0.862. The van der Waals surface area contributed by atoms with E-state index < -0.39 is 5.97 Å². The van der Waals surface area contributed by atoms with Gasteiger partial charge in [-0.1, -0.05) is 43.7 Å². The summed E-state index contributed by atoms with van der Waals surface area (Å²) in [6.45, 7) is 2.16. The Labute approximate surface area is 101 Å². The number of benzene rings is 2. The molecule has 0 fully saturated rings. The van der Waals surface area contributed by atoms with Crippen LogP contribution in [-0.2, 0) is 6.42 Å². The molecule has 0 atom stereocenters. The molecule has 0 bridgehead atoms. The predicted octanol–water partition coefficient (Wildman–Crippen LogP) is 3.88. The van der Waals surface area contributed by atoms with Gasteiger partial charge in [0.15, 0.2) is 0 Å². The van der Waals surface area contributed by atoms with Gasteiger partial charge in [-0.15, -0.1) is 0 Å². The third-order valence-corrected chi connectivity index (χ3v) is 3.04. The number of hydrogen-bond acceptors (Lipinski definition) is 1. The average Bonchev–Trinajstić information content (AvgIpc) is 2.35. The summed E-state index contributed by atoms with van der Waals surface area (Å²) in [7, 11) is 0. The molecular formula is C15H16O2. The summed E-state index contributed by atoms with van der Waals surface area (Å²) < 4.78 is 0. The zero-order valence-corrected chi connectivity index (χ0v) is 9.94. The van der Waals surface area contributed by atoms with Crippen molar-refractivity contribution in [2.24, 2.45) is 0 Å². The van der Waals surface area contributed by atoms with E-state index in [1.807, 2.05) is 30.3 Å². The molecule has 0 aliphatic rings. The smallest absolute Gasteiger partial charge is 0.336 e. The van der Waals surface area contributed by atoms with Gasteiger partial charge in [-0.3, -0.25) is 0 Å². The Morgan fingerprint density at radius 1 is 1.12 bits per heavy atom. The first-order valence-corrected chi connectivity index (χ1v) is 5.98. The van der Waals surface area contributed by atoms with E-state index in [-0.39, 0.29) is 0 Å². The van der Waals surface area contributed by atoms with Crippen LogP contribution in [0.5, 0.6) is 0 Å². The summed E-state index contributed by atoms with van der Waals surface area (Å²) in [5, 5.41) is 11.1. The van der Waals surface area contributed by atoms with E-state index in [2.05, 4.69) is 6.92 Å². The first kappa shape index (κ1) is 11.6. The van der Waals surface area contributed by atoms with Gasteiger partial charge in [-0.2, -0.15) is 0 Å². The average molecular weight is 228 g/mol. The van der Waals surface area contributed by atoms with Crippen LogP contribution in [0.1, 0.15) is 35.7 Å². The normalized spacial score (nSPS) is 10.6. The second-order valence-corrected chi connectivity index (χ2v) is 4.23. The molecule has 2 aromatic carbocycles. The van der Waals surface area contributed by atoms with Crippen molar-refractivity contribution in [1.82, 2.24) is 0 Å². The van der Waals surface area contributed by atoms with Crippen LogP contribution in [0, 0.1) is 0 Å². The van der Waals surface area contributed by atoms with E-state index in [1.54, 1.807) is 6.07 Å². The van der Waals surface area contributed by atoms with Crippen LogP contribution < -0.4 is 0 Å². The maximum absolute atomic E-state index is 11.1. The van der Waals surface area contributed by atoms with Crippen LogP contribution >= 0.6 is 0 Å². The Hall–Kier alpha value is -1.83. The molecule has 0 saturated heterocycles. The van der Waals surface area contributed by atoms with Crippen molar-refractivity contribution < 1.29 is 9.90 Å². The Balaban J connectivity index is 2.58. The van der Waals surface area contributed by atoms with Gasteiger partial charge in [0.05, 0.1) is 5.56 Å². The lowest BCUT2D eigenvalue weighted by Gasteiger charge is -2.08. The first-order chi connectivity index (χ1) is 8.24. The number of rotatable bonds is 4. The fraction of sp³-hybridized carbons (Fsp3) is 0.267. The van der Waals surface area contributed by atoms with Crippen molar-refractivity contribution in [3.8, 4) is 0 Å². The van der Waals surface area contributed by atoms with Crippen LogP contribution in [-0.4, -0.2) is 11.1 Å². The monoisotopic (exact) mass is 228 g/mol. The van der Waals surface area contributed by atoms with E-state index in [1.165, 1.54) is 5.56 Å². The van der Waals surface area contributed by atoms with Gasteiger partial charge < -0.3 is 5.11 Å². The van der Waals surface area contributed by atoms with Crippen molar-refractivity contribution in [2.75, 3.05) is 0 Å². The lowest BCUT2D eigenvalue weighted by Crippen LogP contribution is -1.99. The van der Waals surface area contributed by atoms with Crippen LogP contribution in [0.3, 0.4) is 0 Å². The minimum Gasteiger partial charge on any atom is -0.478 e. The lowest BCUT2D eigenvalue weighted by molar-refractivity contribution is 0.0699. The third kappa shape index (κ3) is 2.31. The van der Waals surface area contributed by atoms with E-state index in [0.717, 1.165) is 30.0 Å². The molecule has 2 nitrogen and oxygen atoms in total. The second-order valence-electron chi connectivity index (χ2n) is 4.23. The van der Waals surface area contributed by atoms with Gasteiger partial charge in [0.2, 0.25) is 0 Å². The second kappa shape index (κ2) is 5.00. The highest BCUT2D eigenvalue weighted by molar-refractivity contribution is 6.04. The Bertz CT molecular complexity index is 544. The first-order valence-electron chi connectivity index (χ1n) is 5.98. The molecule has 0 unspecified atom stereocenters. The van der Waals surface area contributed by atoms with Crippen molar-refractivity contribution in [1.29, 1.82) is 0 Å². The molecule has 0 aliphatic heterocycles. The molecule has 0 heterocycles. The number of hydrogen-bond donors (Lipinski definition) is 1. The molecule has 2 aromatic rings. The summed E-state index contributed by atoms with van der Waals surface area (Å²) in [5.41, 5.74) is 1.63. The van der Waals surface area contributed by atoms with E-state index >= 15 is 0 Å². The minimum atomic E-state index is -0.858. The van der Waals surface area contributed by atoms with Crippen molar-refractivity contribution in [2.45, 2.75) is 26.2 Å². The number of carboxylic acids is 1. The number of carbonyl (C=O) groups is 1. The van der Waals surface area contributed by atoms with E-state index in [9.17, 15) is 4.79 Å². The van der Waals surface area contributed by atoms with Crippen LogP contribution in [0.2, 0.25) is 0 Å². The Kier molecular flexibility index (Phi) is 3.43. The summed E-state index contributed by atoms with van der Waals surface area (Å²) >= 11 is 0. The number of aromatic carboxylic acids is 1. The van der Waals surface area contributed by atoms with Crippen LogP contribution in [0.25, 0.3) is 10.8 Å². The highest BCUT2D eigenvalue weighted by Gasteiger charge is 2.10. The fourth-order valence-corrected chi connectivity index (χ4v) is 2.13. The molecule has 2 heteroatoms. The molecule has 0 aromatic heterocycles.